The highest BCUT2D eigenvalue weighted by molar-refractivity contribution is 6.29. The molecule has 1 N–H and O–H groups in total. The van der Waals surface area contributed by atoms with Crippen LogP contribution in [0.25, 0.3) is 0 Å². The number of ketones is 2. The van der Waals surface area contributed by atoms with Crippen LogP contribution in [0.5, 0.6) is 17.2 Å². The van der Waals surface area contributed by atoms with Gasteiger partial charge in [0, 0.05) is 30.7 Å². The van der Waals surface area contributed by atoms with Gasteiger partial charge in [-0.05, 0) is 6.92 Å². The highest BCUT2D eigenvalue weighted by Gasteiger charge is 2.44. The fraction of sp³-hybridized carbons (Fsp3) is 0.412. The maximum Gasteiger partial charge on any atom is 0.196 e. The zero-order valence-electron chi connectivity index (χ0n) is 13.9. The van der Waals surface area contributed by atoms with Crippen molar-refractivity contribution in [3.8, 4) is 17.2 Å². The van der Waals surface area contributed by atoms with Crippen LogP contribution in [0.4, 0.5) is 0 Å². The van der Waals surface area contributed by atoms with Crippen LogP contribution in [0.2, 0.25) is 0 Å². The fourth-order valence-electron chi connectivity index (χ4n) is 3.03. The number of fused-ring (bicyclic) bond motifs is 1. The molecule has 24 heavy (non-hydrogen) atoms. The Labute approximate surface area is 138 Å². The molecule has 1 atom stereocenters. The van der Waals surface area contributed by atoms with E-state index in [1.54, 1.807) is 6.92 Å². The Morgan fingerprint density at radius 1 is 1.04 bits per heavy atom. The summed E-state index contributed by atoms with van der Waals surface area (Å²) in [6, 6.07) is 1.38. The molecule has 0 unspecified atom stereocenters. The molecule has 0 aromatic heterocycles. The number of rotatable bonds is 3. The largest absolute Gasteiger partial charge is 0.504 e. The van der Waals surface area contributed by atoms with Crippen LogP contribution in [0.15, 0.2) is 17.2 Å². The number of phenols is 1. The maximum atomic E-state index is 13.0. The summed E-state index contributed by atoms with van der Waals surface area (Å²) in [4.78, 5) is 25.8. The van der Waals surface area contributed by atoms with Gasteiger partial charge in [-0.1, -0.05) is 0 Å². The molecule has 0 bridgehead atoms. The van der Waals surface area contributed by atoms with Crippen molar-refractivity contribution < 1.29 is 33.6 Å². The maximum absolute atomic E-state index is 13.0. The summed E-state index contributed by atoms with van der Waals surface area (Å²) in [5.41, 5.74) is 0.484. The third-order valence-corrected chi connectivity index (χ3v) is 4.49. The number of Topliss-reactive ketones (excluding diaryl/α,β-unsaturated/α-hetero) is 2. The Kier molecular flexibility index (Phi) is 3.85. The Balaban J connectivity index is 2.23. The van der Waals surface area contributed by atoms with Gasteiger partial charge in [0.25, 0.3) is 0 Å². The highest BCUT2D eigenvalue weighted by atomic mass is 16.7. The van der Waals surface area contributed by atoms with Gasteiger partial charge < -0.3 is 24.1 Å². The van der Waals surface area contributed by atoms with Gasteiger partial charge in [-0.2, -0.15) is 0 Å². The van der Waals surface area contributed by atoms with E-state index in [2.05, 4.69) is 0 Å². The summed E-state index contributed by atoms with van der Waals surface area (Å²) in [5, 5.41) is 10.4. The Hall–Kier alpha value is -2.38. The van der Waals surface area contributed by atoms with Crippen LogP contribution in [0, 0.1) is 0 Å². The third-order valence-electron chi connectivity index (χ3n) is 4.49. The highest BCUT2D eigenvalue weighted by Crippen LogP contribution is 2.46. The second-order valence-corrected chi connectivity index (χ2v) is 5.80. The normalized spacial score (nSPS) is 23.0. The lowest BCUT2D eigenvalue weighted by Crippen LogP contribution is -2.41. The van der Waals surface area contributed by atoms with Crippen molar-refractivity contribution >= 4 is 11.6 Å². The molecular weight excluding hydrogens is 316 g/mol. The number of benzene rings is 1. The van der Waals surface area contributed by atoms with Crippen LogP contribution < -0.4 is 9.47 Å². The number of ether oxygens (including phenoxy) is 4. The topological polar surface area (TPSA) is 91.3 Å². The minimum absolute atomic E-state index is 0.0316. The molecule has 1 heterocycles. The molecule has 1 aromatic carbocycles. The lowest BCUT2D eigenvalue weighted by atomic mass is 9.79. The molecule has 0 saturated carbocycles. The number of methoxy groups -OCH3 is 3. The standard InChI is InChI=1S/C17H18O7/c1-17(23-4)6-8-9(7-24-17)15(19)12-10(21-2)5-11(22-3)16(20)13(12)14(8)18/h5,20H,6-7H2,1-4H3/t17-/m1/s1. The Morgan fingerprint density at radius 2 is 1.67 bits per heavy atom. The summed E-state index contributed by atoms with van der Waals surface area (Å²) < 4.78 is 21.2. The monoisotopic (exact) mass is 334 g/mol. The summed E-state index contributed by atoms with van der Waals surface area (Å²) in [5.74, 6) is -1.97. The summed E-state index contributed by atoms with van der Waals surface area (Å²) >= 11 is 0. The van der Waals surface area contributed by atoms with Crippen molar-refractivity contribution in [1.29, 1.82) is 0 Å². The SMILES string of the molecule is COc1cc(OC)c2c(c1O)C(=O)C1=C(CO[C@@](C)(OC)C1)C2=O. The smallest absolute Gasteiger partial charge is 0.196 e. The minimum Gasteiger partial charge on any atom is -0.504 e. The van der Waals surface area contributed by atoms with Crippen molar-refractivity contribution in [2.24, 2.45) is 0 Å². The van der Waals surface area contributed by atoms with Crippen molar-refractivity contribution in [1.82, 2.24) is 0 Å². The van der Waals surface area contributed by atoms with Crippen LogP contribution in [-0.2, 0) is 9.47 Å². The van der Waals surface area contributed by atoms with E-state index in [-0.39, 0.29) is 52.5 Å². The molecule has 0 spiro atoms. The number of carbonyl (C=O) groups is 2. The fourth-order valence-corrected chi connectivity index (χ4v) is 3.03. The average molecular weight is 334 g/mol. The quantitative estimate of drug-likeness (QED) is 0.902. The number of hydrogen-bond donors (Lipinski definition) is 1. The molecule has 0 saturated heterocycles. The van der Waals surface area contributed by atoms with E-state index < -0.39 is 17.4 Å². The predicted octanol–water partition coefficient (Wildman–Crippen LogP) is 1.87. The predicted molar refractivity (Wildman–Crippen MR) is 82.9 cm³/mol. The molecule has 7 nitrogen and oxygen atoms in total. The van der Waals surface area contributed by atoms with Gasteiger partial charge in [0.05, 0.1) is 32.0 Å². The number of phenolic OH excluding ortho intramolecular Hbond substituents is 1. The van der Waals surface area contributed by atoms with E-state index >= 15 is 0 Å². The lowest BCUT2D eigenvalue weighted by molar-refractivity contribution is -0.208. The Bertz CT molecular complexity index is 778. The van der Waals surface area contributed by atoms with Crippen molar-refractivity contribution in [2.75, 3.05) is 27.9 Å². The van der Waals surface area contributed by atoms with E-state index in [0.717, 1.165) is 0 Å². The van der Waals surface area contributed by atoms with Gasteiger partial charge in [0.15, 0.2) is 28.9 Å². The van der Waals surface area contributed by atoms with E-state index in [1.165, 1.54) is 27.4 Å². The van der Waals surface area contributed by atoms with Gasteiger partial charge in [-0.15, -0.1) is 0 Å². The van der Waals surface area contributed by atoms with Crippen LogP contribution in [-0.4, -0.2) is 50.4 Å². The van der Waals surface area contributed by atoms with Crippen LogP contribution in [0.1, 0.15) is 34.1 Å². The molecule has 3 rings (SSSR count). The molecule has 1 aromatic rings. The molecule has 2 aliphatic rings. The number of hydrogen-bond acceptors (Lipinski definition) is 7. The molecule has 1 aliphatic carbocycles. The first-order chi connectivity index (χ1) is 11.4. The first-order valence-electron chi connectivity index (χ1n) is 7.35. The van der Waals surface area contributed by atoms with Crippen molar-refractivity contribution in [3.05, 3.63) is 28.3 Å². The van der Waals surface area contributed by atoms with Crippen molar-refractivity contribution in [2.45, 2.75) is 19.1 Å². The molecule has 128 valence electrons. The summed E-state index contributed by atoms with van der Waals surface area (Å²) in [6.45, 7) is 1.65. The molecule has 0 radical (unpaired) electrons. The van der Waals surface area contributed by atoms with Crippen LogP contribution in [0.3, 0.4) is 0 Å². The molecule has 0 fully saturated rings. The molecule has 0 amide bonds. The van der Waals surface area contributed by atoms with Gasteiger partial charge in [0.2, 0.25) is 0 Å². The average Bonchev–Trinajstić information content (AvgIpc) is 2.59. The van der Waals surface area contributed by atoms with E-state index in [4.69, 9.17) is 18.9 Å². The first kappa shape index (κ1) is 16.5. The molecule has 1 aliphatic heterocycles. The van der Waals surface area contributed by atoms with E-state index in [1.807, 2.05) is 0 Å². The summed E-state index contributed by atoms with van der Waals surface area (Å²) in [7, 11) is 4.21. The second kappa shape index (κ2) is 5.61. The molecule has 7 heteroatoms. The second-order valence-electron chi connectivity index (χ2n) is 5.80. The Morgan fingerprint density at radius 3 is 2.25 bits per heavy atom. The van der Waals surface area contributed by atoms with Gasteiger partial charge >= 0.3 is 0 Å². The van der Waals surface area contributed by atoms with Gasteiger partial charge in [0.1, 0.15) is 5.75 Å². The first-order valence-corrected chi connectivity index (χ1v) is 7.35. The van der Waals surface area contributed by atoms with E-state index in [9.17, 15) is 14.7 Å². The number of carbonyl (C=O) groups excluding carboxylic acids is 2. The van der Waals surface area contributed by atoms with Gasteiger partial charge in [-0.3, -0.25) is 9.59 Å². The van der Waals surface area contributed by atoms with E-state index in [0.29, 0.717) is 0 Å². The van der Waals surface area contributed by atoms with Crippen molar-refractivity contribution in [3.63, 3.8) is 0 Å². The zero-order chi connectivity index (χ0) is 17.6. The molecular formula is C17H18O7. The summed E-state index contributed by atoms with van der Waals surface area (Å²) in [6.07, 6.45) is 0.113. The lowest BCUT2D eigenvalue weighted by Gasteiger charge is -2.36. The van der Waals surface area contributed by atoms with Gasteiger partial charge in [-0.25, -0.2) is 0 Å². The third kappa shape index (κ3) is 2.20. The van der Waals surface area contributed by atoms with Crippen LogP contribution >= 0.6 is 0 Å². The zero-order valence-corrected chi connectivity index (χ0v) is 13.9. The minimum atomic E-state index is -0.995. The number of aromatic hydroxyl groups is 1.